The predicted molar refractivity (Wildman–Crippen MR) is 575 cm³/mol. The zero-order valence-electron chi connectivity index (χ0n) is 73.2. The van der Waals surface area contributed by atoms with E-state index >= 15 is 0 Å². The lowest BCUT2D eigenvalue weighted by atomic mass is 9.88. The lowest BCUT2D eigenvalue weighted by Gasteiger charge is -2.22. The maximum absolute atomic E-state index is 6.35. The standard InChI is InChI=1S/C45H27N.C43H25NO.C43H25N/c1-2-13-33-31(11-1)32-12-3-4-16-36(32)41-27-30(25-26-37(33)41)28-21-23-29(24-22-28)45-44-39-18-8-6-15-35(39)34-14-5-7-17-38(34)43(44)40-19-9-10-20-42(40)46-45;1-3-13-33-29(10-1)30-11-2-4-14-34(30)42-41(33)36-15-5-7-17-37(36)44-43(42)27-22-20-26(21-23-27)28-24-25-35-31-12-6-8-18-38(31)45-39-19-9-16-32(28)40(35)39;1-3-15-34-32(13-1)33-14-2-4-16-35(33)42-41(34)37-17-5-6-18-38(37)44-43(42)30-12-8-11-29(25-30)31-23-21-28-20-19-26-9-7-10-27-22-24-36(31)40(28)39(26)27/h1-27H;1-25H;1-25H. The van der Waals surface area contributed by atoms with Crippen molar-refractivity contribution >= 4 is 205 Å². The quantitative estimate of drug-likeness (QED) is 0.156. The summed E-state index contributed by atoms with van der Waals surface area (Å²) >= 11 is 0. The maximum Gasteiger partial charge on any atom is 0.135 e. The van der Waals surface area contributed by atoms with Gasteiger partial charge in [-0.05, 0) is 216 Å². The summed E-state index contributed by atoms with van der Waals surface area (Å²) in [5.41, 5.74) is 19.0. The molecule has 0 amide bonds. The minimum absolute atomic E-state index is 0.907. The molecule has 0 saturated carbocycles. The fraction of sp³-hybridized carbons (Fsp3) is 0. The Labute approximate surface area is 776 Å². The van der Waals surface area contributed by atoms with E-state index in [4.69, 9.17) is 19.7 Å². The highest BCUT2D eigenvalue weighted by atomic mass is 16.5. The van der Waals surface area contributed by atoms with E-state index in [9.17, 15) is 0 Å². The molecule has 0 unspecified atom stereocenters. The van der Waals surface area contributed by atoms with Crippen LogP contribution < -0.4 is 4.74 Å². The molecule has 26 aromatic carbocycles. The number of aromatic nitrogens is 3. The number of pyridine rings is 3. The molecule has 0 N–H and O–H groups in total. The molecule has 0 radical (unpaired) electrons. The summed E-state index contributed by atoms with van der Waals surface area (Å²) in [5.74, 6) is 1.82. The first-order valence-electron chi connectivity index (χ1n) is 46.5. The monoisotopic (exact) mass is 1710 g/mol. The Hall–Kier alpha value is -17.8. The van der Waals surface area contributed by atoms with Gasteiger partial charge in [-0.15, -0.1) is 0 Å². The molecule has 0 spiro atoms. The van der Waals surface area contributed by atoms with Crippen LogP contribution >= 0.6 is 0 Å². The zero-order valence-corrected chi connectivity index (χ0v) is 73.2. The maximum atomic E-state index is 6.35. The predicted octanol–water partition coefficient (Wildman–Crippen LogP) is 36.4. The summed E-state index contributed by atoms with van der Waals surface area (Å²) in [5, 5.41) is 44.1. The number of nitrogens with zero attached hydrogens (tertiary/aromatic N) is 3. The van der Waals surface area contributed by atoms with Gasteiger partial charge in [0.15, 0.2) is 0 Å². The first-order chi connectivity index (χ1) is 67.0. The summed E-state index contributed by atoms with van der Waals surface area (Å²) < 4.78 is 6.35. The number of fused-ring (bicyclic) bond motifs is 32. The molecule has 0 atom stereocenters. The average molecular weight is 1710 g/mol. The summed E-state index contributed by atoms with van der Waals surface area (Å²) in [4.78, 5) is 16.1. The van der Waals surface area contributed by atoms with Crippen molar-refractivity contribution in [3.8, 4) is 89.8 Å². The lowest BCUT2D eigenvalue weighted by molar-refractivity contribution is 0.487. The van der Waals surface area contributed by atoms with Crippen molar-refractivity contribution in [3.63, 3.8) is 0 Å². The van der Waals surface area contributed by atoms with E-state index in [1.165, 1.54) is 227 Å². The van der Waals surface area contributed by atoms with Gasteiger partial charge in [0, 0.05) is 76.1 Å². The van der Waals surface area contributed by atoms with Crippen LogP contribution in [0, 0.1) is 0 Å². The number of para-hydroxylation sites is 4. The van der Waals surface area contributed by atoms with Gasteiger partial charge in [0.05, 0.1) is 33.6 Å². The van der Waals surface area contributed by atoms with E-state index in [0.29, 0.717) is 0 Å². The minimum atomic E-state index is 0.907. The van der Waals surface area contributed by atoms with Gasteiger partial charge in [-0.2, -0.15) is 0 Å². The van der Waals surface area contributed by atoms with Crippen molar-refractivity contribution in [1.82, 2.24) is 15.0 Å². The second-order valence-corrected chi connectivity index (χ2v) is 35.9. The molecule has 0 bridgehead atoms. The third-order valence-corrected chi connectivity index (χ3v) is 28.8. The van der Waals surface area contributed by atoms with Crippen LogP contribution in [-0.4, -0.2) is 15.0 Å². The Bertz CT molecular complexity index is 10100. The van der Waals surface area contributed by atoms with Gasteiger partial charge in [0.25, 0.3) is 0 Å². The molecule has 4 heteroatoms. The fourth-order valence-electron chi connectivity index (χ4n) is 22.9. The highest BCUT2D eigenvalue weighted by molar-refractivity contribution is 6.38. The first-order valence-corrected chi connectivity index (χ1v) is 46.5. The van der Waals surface area contributed by atoms with Gasteiger partial charge in [0.1, 0.15) is 11.5 Å². The van der Waals surface area contributed by atoms with E-state index in [1.807, 2.05) is 12.1 Å². The number of hydrogen-bond donors (Lipinski definition) is 0. The van der Waals surface area contributed by atoms with Gasteiger partial charge in [-0.25, -0.2) is 15.0 Å². The van der Waals surface area contributed by atoms with E-state index in [1.54, 1.807) is 0 Å². The van der Waals surface area contributed by atoms with Gasteiger partial charge in [-0.3, -0.25) is 0 Å². The summed E-state index contributed by atoms with van der Waals surface area (Å²) in [6.45, 7) is 0. The minimum Gasteiger partial charge on any atom is -0.456 e. The van der Waals surface area contributed by atoms with Crippen molar-refractivity contribution in [1.29, 1.82) is 0 Å². The molecule has 1 aliphatic rings. The highest BCUT2D eigenvalue weighted by Gasteiger charge is 2.26. The van der Waals surface area contributed by atoms with E-state index in [2.05, 4.69) is 455 Å². The molecule has 29 aromatic rings. The summed E-state index contributed by atoms with van der Waals surface area (Å²) in [6, 6.07) is 169. The molecule has 30 rings (SSSR count). The molecular weight excluding hydrogens is 1630 g/mol. The number of benzene rings is 26. The average Bonchev–Trinajstić information content (AvgIpc) is 0.715. The third kappa shape index (κ3) is 11.9. The normalized spacial score (nSPS) is 12.1. The van der Waals surface area contributed by atoms with Gasteiger partial charge in [-0.1, -0.05) is 425 Å². The Morgan fingerprint density at radius 1 is 0.126 bits per heavy atom. The summed E-state index contributed by atoms with van der Waals surface area (Å²) in [6.07, 6.45) is 0. The molecule has 622 valence electrons. The molecule has 4 nitrogen and oxygen atoms in total. The zero-order chi connectivity index (χ0) is 88.5. The van der Waals surface area contributed by atoms with Crippen molar-refractivity contribution in [2.45, 2.75) is 0 Å². The molecular formula is C131H77N3O. The SMILES string of the molecule is c1cc(-c2ccc3ccc4cccc5ccc2c3c45)cc(-c2nc3ccccc3c3c4ccccc4c4ccccc4c23)c1.c1ccc2c(c1)Oc1cccc3c(-c4ccc(-c5nc6ccccc6c6c7ccccc7c7ccccc7c56)cc4)ccc-2c13.c1ccc2c(c1)nc(-c1ccc(-c3ccc4c5ccccc5c5ccccc5c4c3)cc1)c1c3ccccc3c3ccccc3c21. The number of ether oxygens (including phenoxy) is 1. The second kappa shape index (κ2) is 30.4. The first kappa shape index (κ1) is 76.1. The van der Waals surface area contributed by atoms with Crippen molar-refractivity contribution in [2.24, 2.45) is 0 Å². The molecule has 0 saturated heterocycles. The van der Waals surface area contributed by atoms with Gasteiger partial charge < -0.3 is 4.74 Å². The van der Waals surface area contributed by atoms with Crippen LogP contribution in [0.3, 0.4) is 0 Å². The fourth-order valence-corrected chi connectivity index (χ4v) is 22.9. The molecule has 4 heterocycles. The van der Waals surface area contributed by atoms with Crippen LogP contribution in [0.15, 0.2) is 467 Å². The lowest BCUT2D eigenvalue weighted by Crippen LogP contribution is -1.97. The van der Waals surface area contributed by atoms with Crippen molar-refractivity contribution in [2.75, 3.05) is 0 Å². The smallest absolute Gasteiger partial charge is 0.135 e. The summed E-state index contributed by atoms with van der Waals surface area (Å²) in [7, 11) is 0. The number of hydrogen-bond acceptors (Lipinski definition) is 4. The Kier molecular flexibility index (Phi) is 17.1. The highest BCUT2D eigenvalue weighted by Crippen LogP contribution is 2.53. The van der Waals surface area contributed by atoms with Crippen LogP contribution in [0.2, 0.25) is 0 Å². The second-order valence-electron chi connectivity index (χ2n) is 35.9. The van der Waals surface area contributed by atoms with Gasteiger partial charge in [0.2, 0.25) is 0 Å². The molecule has 135 heavy (non-hydrogen) atoms. The molecule has 3 aromatic heterocycles. The van der Waals surface area contributed by atoms with Crippen molar-refractivity contribution in [3.05, 3.63) is 467 Å². The van der Waals surface area contributed by atoms with Crippen LogP contribution in [0.4, 0.5) is 0 Å². The third-order valence-electron chi connectivity index (χ3n) is 28.8. The van der Waals surface area contributed by atoms with Crippen LogP contribution in [0.25, 0.3) is 283 Å². The topological polar surface area (TPSA) is 47.9 Å². The van der Waals surface area contributed by atoms with E-state index < -0.39 is 0 Å². The molecule has 1 aliphatic heterocycles. The van der Waals surface area contributed by atoms with Crippen LogP contribution in [0.1, 0.15) is 0 Å². The molecule has 0 fully saturated rings. The van der Waals surface area contributed by atoms with E-state index in [0.717, 1.165) is 67.4 Å². The number of rotatable bonds is 6. The van der Waals surface area contributed by atoms with Crippen LogP contribution in [0.5, 0.6) is 11.5 Å². The Balaban J connectivity index is 0.000000101. The van der Waals surface area contributed by atoms with Crippen LogP contribution in [-0.2, 0) is 0 Å². The largest absolute Gasteiger partial charge is 0.456 e. The molecule has 0 aliphatic carbocycles. The van der Waals surface area contributed by atoms with Gasteiger partial charge >= 0.3 is 0 Å². The van der Waals surface area contributed by atoms with Crippen molar-refractivity contribution < 1.29 is 4.74 Å². The van der Waals surface area contributed by atoms with E-state index in [-0.39, 0.29) is 0 Å². The Morgan fingerprint density at radius 2 is 0.422 bits per heavy atom. The Morgan fingerprint density at radius 3 is 0.911 bits per heavy atom.